The maximum Gasteiger partial charge on any atom is 0.0399 e. The number of hydrogen-bond acceptors (Lipinski definition) is 1. The molecule has 0 bridgehead atoms. The predicted octanol–water partition coefficient (Wildman–Crippen LogP) is 4.00. The predicted molar refractivity (Wildman–Crippen MR) is 72.0 cm³/mol. The number of rotatable bonds is 2. The second kappa shape index (κ2) is 4.40. The van der Waals surface area contributed by atoms with Crippen LogP contribution < -0.4 is 4.90 Å². The van der Waals surface area contributed by atoms with Crippen LogP contribution in [-0.4, -0.2) is 13.1 Å². The van der Waals surface area contributed by atoms with E-state index in [1.807, 2.05) is 0 Å². The molecule has 0 atom stereocenters. The molecular weight excluding hydrogens is 262 g/mol. The summed E-state index contributed by atoms with van der Waals surface area (Å²) in [6.07, 6.45) is 6.91. The number of aryl methyl sites for hydroxylation is 1. The smallest absolute Gasteiger partial charge is 0.0399 e. The molecule has 16 heavy (non-hydrogen) atoms. The van der Waals surface area contributed by atoms with Crippen molar-refractivity contribution in [2.24, 2.45) is 5.92 Å². The van der Waals surface area contributed by atoms with Crippen LogP contribution in [0.15, 0.2) is 22.7 Å². The first-order valence-electron chi connectivity index (χ1n) is 6.36. The molecule has 1 nitrogen and oxygen atoms in total. The molecule has 86 valence electrons. The third kappa shape index (κ3) is 2.00. The average molecular weight is 280 g/mol. The van der Waals surface area contributed by atoms with Crippen molar-refractivity contribution in [1.82, 2.24) is 0 Å². The van der Waals surface area contributed by atoms with Crippen LogP contribution in [0.5, 0.6) is 0 Å². The fourth-order valence-corrected chi connectivity index (χ4v) is 3.23. The van der Waals surface area contributed by atoms with Gasteiger partial charge in [-0.05, 0) is 55.4 Å². The largest absolute Gasteiger partial charge is 0.371 e. The van der Waals surface area contributed by atoms with Gasteiger partial charge in [-0.15, -0.1) is 0 Å². The number of halogens is 1. The lowest BCUT2D eigenvalue weighted by atomic mass is 9.84. The minimum Gasteiger partial charge on any atom is -0.371 e. The second-order valence-corrected chi connectivity index (χ2v) is 6.04. The van der Waals surface area contributed by atoms with Crippen molar-refractivity contribution in [3.05, 3.63) is 28.2 Å². The van der Waals surface area contributed by atoms with E-state index in [2.05, 4.69) is 39.0 Å². The average Bonchev–Trinajstić information content (AvgIpc) is 2.23. The van der Waals surface area contributed by atoms with Gasteiger partial charge in [-0.1, -0.05) is 22.4 Å². The highest BCUT2D eigenvalue weighted by Gasteiger charge is 2.23. The zero-order chi connectivity index (χ0) is 11.0. The van der Waals surface area contributed by atoms with Crippen LogP contribution in [0, 0.1) is 5.92 Å². The fraction of sp³-hybridized carbons (Fsp3) is 0.571. The summed E-state index contributed by atoms with van der Waals surface area (Å²) in [5, 5.41) is 0. The lowest BCUT2D eigenvalue weighted by Crippen LogP contribution is -2.36. The number of nitrogens with zero attached hydrogens (tertiary/aromatic N) is 1. The van der Waals surface area contributed by atoms with Gasteiger partial charge in [-0.25, -0.2) is 0 Å². The van der Waals surface area contributed by atoms with Crippen molar-refractivity contribution in [2.75, 3.05) is 18.0 Å². The molecule has 1 aliphatic heterocycles. The summed E-state index contributed by atoms with van der Waals surface area (Å²) in [5.74, 6) is 0.967. The Balaban J connectivity index is 1.81. The van der Waals surface area contributed by atoms with Gasteiger partial charge in [0.15, 0.2) is 0 Å². The summed E-state index contributed by atoms with van der Waals surface area (Å²) in [5.41, 5.74) is 3.02. The molecule has 2 heteroatoms. The molecule has 2 aliphatic rings. The van der Waals surface area contributed by atoms with Gasteiger partial charge in [-0.3, -0.25) is 0 Å². The molecule has 0 radical (unpaired) electrons. The Morgan fingerprint density at radius 1 is 1.25 bits per heavy atom. The Hall–Kier alpha value is -0.500. The van der Waals surface area contributed by atoms with Crippen molar-refractivity contribution < 1.29 is 0 Å². The summed E-state index contributed by atoms with van der Waals surface area (Å²) in [6.45, 7) is 2.54. The molecule has 0 N–H and O–H groups in total. The monoisotopic (exact) mass is 279 g/mol. The summed E-state index contributed by atoms with van der Waals surface area (Å²) < 4.78 is 1.22. The summed E-state index contributed by atoms with van der Waals surface area (Å²) in [7, 11) is 0. The minimum atomic E-state index is 0.967. The maximum absolute atomic E-state index is 3.57. The molecule has 1 saturated carbocycles. The van der Waals surface area contributed by atoms with Crippen LogP contribution in [0.25, 0.3) is 0 Å². The first-order chi connectivity index (χ1) is 7.83. The van der Waals surface area contributed by atoms with Crippen molar-refractivity contribution >= 4 is 21.6 Å². The van der Waals surface area contributed by atoms with Crippen LogP contribution in [0.4, 0.5) is 5.69 Å². The number of hydrogen-bond donors (Lipinski definition) is 0. The Kier molecular flexibility index (Phi) is 2.93. The van der Waals surface area contributed by atoms with E-state index in [0.29, 0.717) is 0 Å². The van der Waals surface area contributed by atoms with Gasteiger partial charge in [0.05, 0.1) is 0 Å². The van der Waals surface area contributed by atoms with Gasteiger partial charge in [-0.2, -0.15) is 0 Å². The molecule has 0 unspecified atom stereocenters. The van der Waals surface area contributed by atoms with Gasteiger partial charge in [0.25, 0.3) is 0 Å². The number of fused-ring (bicyclic) bond motifs is 1. The van der Waals surface area contributed by atoms with Crippen LogP contribution >= 0.6 is 15.9 Å². The van der Waals surface area contributed by atoms with Crippen LogP contribution in [-0.2, 0) is 6.42 Å². The summed E-state index contributed by atoms with van der Waals surface area (Å²) in [4.78, 5) is 2.61. The maximum atomic E-state index is 3.57. The molecule has 0 aromatic heterocycles. The van der Waals surface area contributed by atoms with E-state index in [0.717, 1.165) is 5.92 Å². The third-order valence-corrected chi connectivity index (χ3v) is 4.45. The molecule has 1 aromatic carbocycles. The Labute approximate surface area is 106 Å². The van der Waals surface area contributed by atoms with Gasteiger partial charge in [0, 0.05) is 23.2 Å². The standard InChI is InChI=1S/C14H18BrN/c15-13-6-7-14-12(9-13)5-2-8-16(14)10-11-3-1-4-11/h6-7,9,11H,1-5,8,10H2. The third-order valence-electron chi connectivity index (χ3n) is 3.96. The minimum absolute atomic E-state index is 0.967. The van der Waals surface area contributed by atoms with E-state index in [4.69, 9.17) is 0 Å². The highest BCUT2D eigenvalue weighted by molar-refractivity contribution is 9.10. The van der Waals surface area contributed by atoms with Crippen molar-refractivity contribution in [1.29, 1.82) is 0 Å². The molecule has 0 spiro atoms. The van der Waals surface area contributed by atoms with E-state index in [-0.39, 0.29) is 0 Å². The van der Waals surface area contributed by atoms with Gasteiger partial charge >= 0.3 is 0 Å². The lowest BCUT2D eigenvalue weighted by molar-refractivity contribution is 0.316. The lowest BCUT2D eigenvalue weighted by Gasteiger charge is -2.37. The molecule has 0 saturated heterocycles. The van der Waals surface area contributed by atoms with Gasteiger partial charge in [0.1, 0.15) is 0 Å². The molecule has 1 fully saturated rings. The van der Waals surface area contributed by atoms with E-state index in [9.17, 15) is 0 Å². The molecule has 3 rings (SSSR count). The Morgan fingerprint density at radius 3 is 2.88 bits per heavy atom. The highest BCUT2D eigenvalue weighted by Crippen LogP contribution is 2.33. The number of benzene rings is 1. The van der Waals surface area contributed by atoms with Crippen molar-refractivity contribution in [2.45, 2.75) is 32.1 Å². The highest BCUT2D eigenvalue weighted by atomic mass is 79.9. The van der Waals surface area contributed by atoms with Gasteiger partial charge < -0.3 is 4.90 Å². The molecule has 1 aliphatic carbocycles. The van der Waals surface area contributed by atoms with Crippen molar-refractivity contribution in [3.63, 3.8) is 0 Å². The van der Waals surface area contributed by atoms with E-state index in [1.165, 1.54) is 60.9 Å². The molecular formula is C14H18BrN. The zero-order valence-corrected chi connectivity index (χ0v) is 11.2. The Morgan fingerprint density at radius 2 is 2.12 bits per heavy atom. The van der Waals surface area contributed by atoms with Crippen LogP contribution in [0.1, 0.15) is 31.2 Å². The first-order valence-corrected chi connectivity index (χ1v) is 7.15. The van der Waals surface area contributed by atoms with Crippen LogP contribution in [0.3, 0.4) is 0 Å². The zero-order valence-electron chi connectivity index (χ0n) is 9.58. The normalized spacial score (nSPS) is 20.4. The SMILES string of the molecule is Brc1ccc2c(c1)CCCN2CC1CCC1. The van der Waals surface area contributed by atoms with Crippen molar-refractivity contribution in [3.8, 4) is 0 Å². The number of anilines is 1. The van der Waals surface area contributed by atoms with E-state index < -0.39 is 0 Å². The Bertz CT molecular complexity index is 384. The van der Waals surface area contributed by atoms with Gasteiger partial charge in [0.2, 0.25) is 0 Å². The summed E-state index contributed by atoms with van der Waals surface area (Å²) >= 11 is 3.57. The quantitative estimate of drug-likeness (QED) is 0.791. The second-order valence-electron chi connectivity index (χ2n) is 5.12. The topological polar surface area (TPSA) is 3.24 Å². The summed E-state index contributed by atoms with van der Waals surface area (Å²) in [6, 6.07) is 6.76. The van der Waals surface area contributed by atoms with E-state index in [1.54, 1.807) is 0 Å². The molecule has 0 amide bonds. The van der Waals surface area contributed by atoms with Crippen LogP contribution in [0.2, 0.25) is 0 Å². The van der Waals surface area contributed by atoms with E-state index >= 15 is 0 Å². The fourth-order valence-electron chi connectivity index (χ4n) is 2.82. The first kappa shape index (κ1) is 10.6. The molecule has 1 heterocycles. The molecule has 1 aromatic rings.